The molecule has 0 unspecified atom stereocenters. The maximum atomic E-state index is 5.10. The molecule has 0 radical (unpaired) electrons. The van der Waals surface area contributed by atoms with Crippen molar-refractivity contribution in [2.24, 2.45) is 11.8 Å². The van der Waals surface area contributed by atoms with Crippen LogP contribution < -0.4 is 10.6 Å². The van der Waals surface area contributed by atoms with Crippen LogP contribution in [-0.2, 0) is 19.3 Å². The lowest BCUT2D eigenvalue weighted by Crippen LogP contribution is -2.18. The highest BCUT2D eigenvalue weighted by molar-refractivity contribution is 5.76. The van der Waals surface area contributed by atoms with E-state index in [1.165, 1.54) is 70.6 Å². The molecule has 0 spiro atoms. The summed E-state index contributed by atoms with van der Waals surface area (Å²) in [6.45, 7) is 2.21. The lowest BCUT2D eigenvalue weighted by Gasteiger charge is -2.16. The summed E-state index contributed by atoms with van der Waals surface area (Å²) in [6, 6.07) is 18.2. The van der Waals surface area contributed by atoms with E-state index in [1.54, 1.807) is 0 Å². The van der Waals surface area contributed by atoms with Crippen molar-refractivity contribution in [3.8, 4) is 33.6 Å². The van der Waals surface area contributed by atoms with Crippen LogP contribution in [0.2, 0.25) is 0 Å². The minimum Gasteiger partial charge on any atom is -0.344 e. The lowest BCUT2D eigenvalue weighted by molar-refractivity contribution is 0.542. The van der Waals surface area contributed by atoms with E-state index in [1.807, 2.05) is 0 Å². The zero-order chi connectivity index (χ0) is 25.0. The van der Waals surface area contributed by atoms with E-state index in [-0.39, 0.29) is 0 Å². The first-order valence-corrected chi connectivity index (χ1v) is 14.6. The second-order valence-corrected chi connectivity index (χ2v) is 12.3. The quantitative estimate of drug-likeness (QED) is 0.285. The summed E-state index contributed by atoms with van der Waals surface area (Å²) in [5.74, 6) is 4.00. The molecule has 0 bridgehead atoms. The highest BCUT2D eigenvalue weighted by Gasteiger charge is 2.47. The Bertz CT molecular complexity index is 1540. The highest BCUT2D eigenvalue weighted by Crippen LogP contribution is 2.47. The highest BCUT2D eigenvalue weighted by atomic mass is 15.1. The third kappa shape index (κ3) is 3.39. The molecule has 4 heterocycles. The van der Waals surface area contributed by atoms with Crippen LogP contribution in [0.25, 0.3) is 33.6 Å². The van der Waals surface area contributed by atoms with Gasteiger partial charge in [0.25, 0.3) is 0 Å². The number of imidazole rings is 2. The maximum absolute atomic E-state index is 5.10. The second-order valence-electron chi connectivity index (χ2n) is 12.3. The van der Waals surface area contributed by atoms with Crippen LogP contribution in [0, 0.1) is 11.8 Å². The van der Waals surface area contributed by atoms with Gasteiger partial charge in [0.1, 0.15) is 11.6 Å². The van der Waals surface area contributed by atoms with Gasteiger partial charge in [0.05, 0.1) is 23.5 Å². The molecule has 38 heavy (non-hydrogen) atoms. The molecule has 192 valence electrons. The van der Waals surface area contributed by atoms with Gasteiger partial charge in [-0.05, 0) is 73.5 Å². The first-order valence-electron chi connectivity index (χ1n) is 14.6. The van der Waals surface area contributed by atoms with Crippen molar-refractivity contribution < 1.29 is 0 Å². The summed E-state index contributed by atoms with van der Waals surface area (Å²) in [6.07, 6.45) is 8.21. The molecule has 3 aliphatic carbocycles. The number of hydrogen-bond acceptors (Lipinski definition) is 4. The number of nitrogens with one attached hydrogen (secondary N) is 4. The van der Waals surface area contributed by atoms with Crippen molar-refractivity contribution in [2.75, 3.05) is 0 Å². The topological polar surface area (TPSA) is 81.4 Å². The van der Waals surface area contributed by atoms with E-state index >= 15 is 0 Å². The second kappa shape index (κ2) is 7.90. The molecule has 4 N–H and O–H groups in total. The van der Waals surface area contributed by atoms with Gasteiger partial charge in [-0.15, -0.1) is 0 Å². The number of fused-ring (bicyclic) bond motifs is 5. The fourth-order valence-electron chi connectivity index (χ4n) is 7.44. The number of rotatable bonds is 5. The van der Waals surface area contributed by atoms with Crippen molar-refractivity contribution in [1.82, 2.24) is 30.6 Å². The Morgan fingerprint density at radius 1 is 0.711 bits per heavy atom. The monoisotopic (exact) mass is 502 g/mol. The molecule has 4 aromatic rings. The molecule has 2 saturated heterocycles. The standard InChI is InChI=1S/C32H34N6/c1-2-23-29(37-31(35-23)27-14-20-12-25(20)33-27)17-5-3-16(4-6-17)18-7-9-22-19(11-18)8-10-24-30(22)38-32(36-24)28-15-21-13-26(21)34-28/h3-7,9,11,20-21,25-28,33-34H,2,8,10,12-15H2,1H3,(H,35,37)(H,36,38)/t20-,21-,25-,26-,27+,28+/m1/s1. The van der Waals surface area contributed by atoms with Gasteiger partial charge in [0.15, 0.2) is 0 Å². The number of piperidine rings is 2. The predicted octanol–water partition coefficient (Wildman–Crippen LogP) is 5.64. The molecule has 6 atom stereocenters. The molecule has 2 aliphatic heterocycles. The summed E-state index contributed by atoms with van der Waals surface area (Å²) in [7, 11) is 0. The van der Waals surface area contributed by atoms with Gasteiger partial charge in [-0.25, -0.2) is 9.97 Å². The van der Waals surface area contributed by atoms with E-state index in [2.05, 4.69) is 70.0 Å². The van der Waals surface area contributed by atoms with Crippen LogP contribution in [0.4, 0.5) is 0 Å². The minimum absolute atomic E-state index is 0.388. The van der Waals surface area contributed by atoms with Gasteiger partial charge in [-0.1, -0.05) is 49.4 Å². The third-order valence-electron chi connectivity index (χ3n) is 9.86. The van der Waals surface area contributed by atoms with Crippen LogP contribution in [-0.4, -0.2) is 32.0 Å². The smallest absolute Gasteiger partial charge is 0.124 e. The first kappa shape index (κ1) is 21.7. The molecule has 6 heteroatoms. The Morgan fingerprint density at radius 2 is 1.37 bits per heavy atom. The minimum atomic E-state index is 0.388. The van der Waals surface area contributed by atoms with Crippen molar-refractivity contribution in [3.05, 3.63) is 71.1 Å². The molecule has 2 aromatic carbocycles. The Kier molecular flexibility index (Phi) is 4.51. The molecular formula is C32H34N6. The van der Waals surface area contributed by atoms with Crippen LogP contribution in [0.3, 0.4) is 0 Å². The zero-order valence-electron chi connectivity index (χ0n) is 21.8. The van der Waals surface area contributed by atoms with Gasteiger partial charge < -0.3 is 20.6 Å². The SMILES string of the molecule is CCc1[nH]c([C@@H]2C[C@H]3C[C@H]3N2)nc1-c1ccc(-c2ccc3c(c2)CCc2[nH]c([C@@H]4C[C@H]5C[C@H]5N4)nc2-3)cc1. The van der Waals surface area contributed by atoms with Gasteiger partial charge in [0, 0.05) is 34.6 Å². The Labute approximate surface area is 223 Å². The largest absolute Gasteiger partial charge is 0.344 e. The number of nitrogens with zero attached hydrogens (tertiary/aromatic N) is 2. The average Bonchev–Trinajstić information content (AvgIpc) is 3.54. The Balaban J connectivity index is 0.980. The van der Waals surface area contributed by atoms with Gasteiger partial charge in [0.2, 0.25) is 0 Å². The van der Waals surface area contributed by atoms with Gasteiger partial charge in [-0.3, -0.25) is 0 Å². The first-order chi connectivity index (χ1) is 18.7. The number of hydrogen-bond donors (Lipinski definition) is 4. The van der Waals surface area contributed by atoms with Crippen LogP contribution >= 0.6 is 0 Å². The van der Waals surface area contributed by atoms with Gasteiger partial charge >= 0.3 is 0 Å². The van der Waals surface area contributed by atoms with Crippen molar-refractivity contribution in [1.29, 1.82) is 0 Å². The van der Waals surface area contributed by atoms with E-state index < -0.39 is 0 Å². The Hall–Kier alpha value is -3.22. The summed E-state index contributed by atoms with van der Waals surface area (Å²) < 4.78 is 0. The lowest BCUT2D eigenvalue weighted by atomic mass is 9.89. The number of aromatic amines is 2. The Morgan fingerprint density at radius 3 is 2.05 bits per heavy atom. The van der Waals surface area contributed by atoms with Crippen LogP contribution in [0.5, 0.6) is 0 Å². The molecule has 4 fully saturated rings. The number of aromatic nitrogens is 4. The van der Waals surface area contributed by atoms with E-state index in [4.69, 9.17) is 9.97 Å². The molecule has 0 amide bonds. The fraction of sp³-hybridized carbons (Fsp3) is 0.438. The van der Waals surface area contributed by atoms with E-state index in [0.717, 1.165) is 60.5 Å². The summed E-state index contributed by atoms with van der Waals surface area (Å²) in [4.78, 5) is 17.5. The normalized spacial score (nSPS) is 30.0. The molecule has 5 aliphatic rings. The van der Waals surface area contributed by atoms with E-state index in [9.17, 15) is 0 Å². The number of aryl methyl sites for hydroxylation is 3. The van der Waals surface area contributed by atoms with Crippen LogP contribution in [0.1, 0.15) is 73.3 Å². The maximum Gasteiger partial charge on any atom is 0.124 e. The fourth-order valence-corrected chi connectivity index (χ4v) is 7.44. The number of benzene rings is 2. The average molecular weight is 503 g/mol. The molecular weight excluding hydrogens is 468 g/mol. The summed E-state index contributed by atoms with van der Waals surface area (Å²) in [5, 5.41) is 7.48. The zero-order valence-corrected chi connectivity index (χ0v) is 21.8. The summed E-state index contributed by atoms with van der Waals surface area (Å²) >= 11 is 0. The van der Waals surface area contributed by atoms with Gasteiger partial charge in [-0.2, -0.15) is 0 Å². The molecule has 9 rings (SSSR count). The predicted molar refractivity (Wildman–Crippen MR) is 149 cm³/mol. The van der Waals surface area contributed by atoms with Crippen molar-refractivity contribution in [2.45, 2.75) is 76.0 Å². The van der Waals surface area contributed by atoms with Crippen molar-refractivity contribution >= 4 is 0 Å². The molecule has 2 aromatic heterocycles. The van der Waals surface area contributed by atoms with Crippen molar-refractivity contribution in [3.63, 3.8) is 0 Å². The summed E-state index contributed by atoms with van der Waals surface area (Å²) in [5.41, 5.74) is 11.3. The molecule has 6 nitrogen and oxygen atoms in total. The number of H-pyrrole nitrogens is 2. The van der Waals surface area contributed by atoms with E-state index in [0.29, 0.717) is 12.1 Å². The van der Waals surface area contributed by atoms with Crippen LogP contribution in [0.15, 0.2) is 42.5 Å². The third-order valence-corrected chi connectivity index (χ3v) is 9.86. The molecule has 2 saturated carbocycles.